The summed E-state index contributed by atoms with van der Waals surface area (Å²) < 4.78 is 2.16. The number of hydrogen-bond acceptors (Lipinski definition) is 4. The first-order valence-corrected chi connectivity index (χ1v) is 11.1. The van der Waals surface area contributed by atoms with E-state index >= 15 is 0 Å². The van der Waals surface area contributed by atoms with Crippen LogP contribution < -0.4 is 4.90 Å². The number of aromatic nitrogens is 1. The summed E-state index contributed by atoms with van der Waals surface area (Å²) in [6.45, 7) is 6.75. The van der Waals surface area contributed by atoms with Gasteiger partial charge in [0.05, 0.1) is 41.6 Å². The number of rotatable bonds is 5. The molecule has 4 nitrogen and oxygen atoms in total. The van der Waals surface area contributed by atoms with Gasteiger partial charge in [0.2, 0.25) is 5.91 Å². The van der Waals surface area contributed by atoms with Crippen molar-refractivity contribution in [3.8, 4) is 0 Å². The highest BCUT2D eigenvalue weighted by atomic mass is 32.2. The smallest absolute Gasteiger partial charge is 0.236 e. The topological polar surface area (TPSA) is 37.6 Å². The number of nitrogens with zero attached hydrogens (tertiary/aromatic N) is 2. The van der Waals surface area contributed by atoms with Gasteiger partial charge in [-0.2, -0.15) is 0 Å². The van der Waals surface area contributed by atoms with Gasteiger partial charge in [0.1, 0.15) is 6.54 Å². The molecule has 1 aliphatic heterocycles. The highest BCUT2D eigenvalue weighted by Crippen LogP contribution is 2.32. The molecule has 0 radical (unpaired) electrons. The summed E-state index contributed by atoms with van der Waals surface area (Å²) in [5, 5.41) is -0.0961. The summed E-state index contributed by atoms with van der Waals surface area (Å²) in [5.74, 6) is 0.234. The van der Waals surface area contributed by atoms with Crippen molar-refractivity contribution in [1.29, 1.82) is 0 Å². The predicted molar refractivity (Wildman–Crippen MR) is 112 cm³/mol. The summed E-state index contributed by atoms with van der Waals surface area (Å²) in [6.07, 6.45) is 0. The zero-order valence-electron chi connectivity index (χ0n) is 15.4. The molecular formula is C21H24N3OS2+. The number of amides is 1. The van der Waals surface area contributed by atoms with Crippen LogP contribution in [0.1, 0.15) is 12.5 Å². The first-order chi connectivity index (χ1) is 13.2. The van der Waals surface area contributed by atoms with Crippen molar-refractivity contribution in [1.82, 2.24) is 9.88 Å². The number of carbonyl (C=O) groups excluding carboxylic acids is 1. The molecule has 4 rings (SSSR count). The van der Waals surface area contributed by atoms with Gasteiger partial charge in [0.25, 0.3) is 0 Å². The molecule has 1 N–H and O–H groups in total. The van der Waals surface area contributed by atoms with Gasteiger partial charge in [-0.25, -0.2) is 4.98 Å². The molecule has 1 fully saturated rings. The molecule has 1 aliphatic rings. The summed E-state index contributed by atoms with van der Waals surface area (Å²) in [4.78, 5) is 21.1. The number of quaternary nitrogens is 1. The Morgan fingerprint density at radius 2 is 1.85 bits per heavy atom. The average molecular weight is 399 g/mol. The van der Waals surface area contributed by atoms with E-state index in [1.165, 1.54) is 10.3 Å². The molecule has 1 amide bonds. The maximum absolute atomic E-state index is 12.9. The number of fused-ring (bicyclic) bond motifs is 1. The Bertz CT molecular complexity index is 871. The SMILES string of the molecule is C[C@H](Sc1nc2ccccc2s1)C(=O)N1CC[NH+](Cc2ccccc2)CC1. The Kier molecular flexibility index (Phi) is 5.76. The minimum absolute atomic E-state index is 0.0961. The molecule has 0 unspecified atom stereocenters. The van der Waals surface area contributed by atoms with Gasteiger partial charge >= 0.3 is 0 Å². The molecule has 2 aromatic carbocycles. The Morgan fingerprint density at radius 3 is 2.59 bits per heavy atom. The van der Waals surface area contributed by atoms with Crippen LogP contribution in [0.15, 0.2) is 58.9 Å². The van der Waals surface area contributed by atoms with Gasteiger partial charge in [-0.05, 0) is 19.1 Å². The quantitative estimate of drug-likeness (QED) is 0.672. The standard InChI is InChI=1S/C21H23N3OS2/c1-16(26-21-22-18-9-5-6-10-19(18)27-21)20(25)24-13-11-23(12-14-24)15-17-7-3-2-4-8-17/h2-10,16H,11-15H2,1H3/p+1/t16-/m0/s1. The van der Waals surface area contributed by atoms with Crippen LogP contribution in [0.25, 0.3) is 10.2 Å². The van der Waals surface area contributed by atoms with Crippen molar-refractivity contribution >= 4 is 39.2 Å². The summed E-state index contributed by atoms with van der Waals surface area (Å²) in [7, 11) is 0. The average Bonchev–Trinajstić information content (AvgIpc) is 3.11. The van der Waals surface area contributed by atoms with Crippen LogP contribution in [0.3, 0.4) is 0 Å². The zero-order chi connectivity index (χ0) is 18.6. The van der Waals surface area contributed by atoms with Crippen LogP contribution in [0.5, 0.6) is 0 Å². The summed E-state index contributed by atoms with van der Waals surface area (Å²) in [6, 6.07) is 18.7. The van der Waals surface area contributed by atoms with E-state index < -0.39 is 0 Å². The van der Waals surface area contributed by atoms with Crippen LogP contribution in [-0.2, 0) is 11.3 Å². The molecule has 0 spiro atoms. The fourth-order valence-corrected chi connectivity index (χ4v) is 5.76. The molecule has 1 aromatic heterocycles. The summed E-state index contributed by atoms with van der Waals surface area (Å²) in [5.41, 5.74) is 2.38. The Morgan fingerprint density at radius 1 is 1.15 bits per heavy atom. The molecule has 3 aromatic rings. The first-order valence-electron chi connectivity index (χ1n) is 9.37. The third-order valence-electron chi connectivity index (χ3n) is 4.98. The Hall–Kier alpha value is -1.89. The lowest BCUT2D eigenvalue weighted by Crippen LogP contribution is -3.13. The van der Waals surface area contributed by atoms with E-state index in [4.69, 9.17) is 0 Å². The van der Waals surface area contributed by atoms with Crippen LogP contribution in [-0.4, -0.2) is 47.2 Å². The van der Waals surface area contributed by atoms with Gasteiger partial charge in [-0.1, -0.05) is 54.2 Å². The van der Waals surface area contributed by atoms with Gasteiger partial charge in [-0.3, -0.25) is 4.79 Å². The van der Waals surface area contributed by atoms with Crippen LogP contribution >= 0.6 is 23.1 Å². The van der Waals surface area contributed by atoms with Crippen LogP contribution in [0.4, 0.5) is 0 Å². The molecular weight excluding hydrogens is 374 g/mol. The second kappa shape index (κ2) is 8.42. The predicted octanol–water partition coefficient (Wildman–Crippen LogP) is 2.70. The number of thiazole rings is 1. The molecule has 1 saturated heterocycles. The fourth-order valence-electron chi connectivity index (χ4n) is 3.46. The third kappa shape index (κ3) is 4.51. The number of thioether (sulfide) groups is 1. The number of hydrogen-bond donors (Lipinski definition) is 1. The zero-order valence-corrected chi connectivity index (χ0v) is 17.1. The van der Waals surface area contributed by atoms with E-state index in [9.17, 15) is 4.79 Å². The van der Waals surface area contributed by atoms with Gasteiger partial charge in [-0.15, -0.1) is 11.3 Å². The van der Waals surface area contributed by atoms with Crippen molar-refractivity contribution < 1.29 is 9.69 Å². The Balaban J connectivity index is 1.30. The third-order valence-corrected chi connectivity index (χ3v) is 7.20. The molecule has 1 atom stereocenters. The second-order valence-electron chi connectivity index (χ2n) is 6.95. The molecule has 2 heterocycles. The maximum atomic E-state index is 12.9. The van der Waals surface area contributed by atoms with Crippen molar-refractivity contribution in [2.45, 2.75) is 23.1 Å². The van der Waals surface area contributed by atoms with E-state index in [-0.39, 0.29) is 11.2 Å². The Labute approximate surface area is 168 Å². The molecule has 0 aliphatic carbocycles. The van der Waals surface area contributed by atoms with E-state index in [0.717, 1.165) is 42.6 Å². The number of carbonyl (C=O) groups is 1. The monoisotopic (exact) mass is 398 g/mol. The van der Waals surface area contributed by atoms with Crippen LogP contribution in [0.2, 0.25) is 0 Å². The van der Waals surface area contributed by atoms with Gasteiger partial charge < -0.3 is 9.80 Å². The highest BCUT2D eigenvalue weighted by Gasteiger charge is 2.28. The molecule has 6 heteroatoms. The van der Waals surface area contributed by atoms with Gasteiger partial charge in [0.15, 0.2) is 4.34 Å². The molecule has 140 valence electrons. The lowest BCUT2D eigenvalue weighted by Gasteiger charge is -2.33. The van der Waals surface area contributed by atoms with Crippen molar-refractivity contribution in [3.05, 3.63) is 60.2 Å². The van der Waals surface area contributed by atoms with Crippen LogP contribution in [0, 0.1) is 0 Å². The minimum atomic E-state index is -0.0961. The molecule has 0 saturated carbocycles. The first kappa shape index (κ1) is 18.5. The fraction of sp³-hybridized carbons (Fsp3) is 0.333. The highest BCUT2D eigenvalue weighted by molar-refractivity contribution is 8.02. The number of piperazine rings is 1. The normalized spacial score (nSPS) is 16.6. The van der Waals surface area contributed by atoms with E-state index in [1.807, 2.05) is 30.0 Å². The lowest BCUT2D eigenvalue weighted by atomic mass is 10.2. The summed E-state index contributed by atoms with van der Waals surface area (Å²) >= 11 is 3.25. The minimum Gasteiger partial charge on any atom is -0.330 e. The number of para-hydroxylation sites is 1. The molecule has 27 heavy (non-hydrogen) atoms. The van der Waals surface area contributed by atoms with Crippen molar-refractivity contribution in [3.63, 3.8) is 0 Å². The van der Waals surface area contributed by atoms with E-state index in [2.05, 4.69) is 41.4 Å². The maximum Gasteiger partial charge on any atom is 0.236 e. The lowest BCUT2D eigenvalue weighted by molar-refractivity contribution is -0.917. The number of nitrogens with one attached hydrogen (secondary N) is 1. The van der Waals surface area contributed by atoms with E-state index in [0.29, 0.717) is 0 Å². The number of benzene rings is 2. The molecule has 0 bridgehead atoms. The van der Waals surface area contributed by atoms with Gasteiger partial charge in [0, 0.05) is 5.56 Å². The largest absolute Gasteiger partial charge is 0.330 e. The second-order valence-corrected chi connectivity index (χ2v) is 9.56. The van der Waals surface area contributed by atoms with Crippen molar-refractivity contribution in [2.24, 2.45) is 0 Å². The van der Waals surface area contributed by atoms with E-state index in [1.54, 1.807) is 28.0 Å². The van der Waals surface area contributed by atoms with Crippen molar-refractivity contribution in [2.75, 3.05) is 26.2 Å².